The summed E-state index contributed by atoms with van der Waals surface area (Å²) in [6, 6.07) is 14.3. The molecule has 8 aromatic rings. The van der Waals surface area contributed by atoms with Crippen molar-refractivity contribution in [2.45, 2.75) is 26.9 Å². The second-order valence-corrected chi connectivity index (χ2v) is 13.2. The monoisotopic (exact) mass is 724 g/mol. The fraction of sp³-hybridized carbons (Fsp3) is 0.200. The van der Waals surface area contributed by atoms with Crippen LogP contribution in [-0.2, 0) is 27.2 Å². The van der Waals surface area contributed by atoms with E-state index in [4.69, 9.17) is 19.4 Å². The van der Waals surface area contributed by atoms with Crippen molar-refractivity contribution in [1.82, 2.24) is 38.7 Å². The first kappa shape index (κ1) is 34.1. The van der Waals surface area contributed by atoms with Gasteiger partial charge in [-0.2, -0.15) is 10.2 Å². The Morgan fingerprint density at radius 1 is 0.630 bits per heavy atom. The van der Waals surface area contributed by atoms with Gasteiger partial charge in [0.05, 0.1) is 81.6 Å². The minimum absolute atomic E-state index is 0.113. The van der Waals surface area contributed by atoms with E-state index >= 15 is 0 Å². The van der Waals surface area contributed by atoms with Crippen molar-refractivity contribution in [3.63, 3.8) is 0 Å². The zero-order valence-electron chi connectivity index (χ0n) is 30.4. The van der Waals surface area contributed by atoms with Crippen molar-refractivity contribution in [3.05, 3.63) is 95.6 Å². The number of aryl methyl sites for hydroxylation is 4. The van der Waals surface area contributed by atoms with E-state index in [0.717, 1.165) is 67.0 Å². The molecular formula is C40H36N8O6. The van der Waals surface area contributed by atoms with Gasteiger partial charge in [0.15, 0.2) is 0 Å². The molecule has 272 valence electrons. The Bertz CT molecular complexity index is 2680. The van der Waals surface area contributed by atoms with Gasteiger partial charge in [-0.1, -0.05) is 12.2 Å². The lowest BCUT2D eigenvalue weighted by Gasteiger charge is -2.11. The van der Waals surface area contributed by atoms with Gasteiger partial charge >= 0.3 is 11.9 Å². The minimum Gasteiger partial charge on any atom is -0.495 e. The molecule has 14 heteroatoms. The van der Waals surface area contributed by atoms with Gasteiger partial charge in [-0.25, -0.2) is 9.59 Å². The van der Waals surface area contributed by atoms with E-state index in [1.807, 2.05) is 64.4 Å². The summed E-state index contributed by atoms with van der Waals surface area (Å²) < 4.78 is 19.3. The maximum Gasteiger partial charge on any atom is 0.335 e. The zero-order valence-corrected chi connectivity index (χ0v) is 30.4. The molecule has 6 heterocycles. The van der Waals surface area contributed by atoms with Crippen LogP contribution in [0.4, 0.5) is 0 Å². The van der Waals surface area contributed by atoms with Crippen LogP contribution in [0.5, 0.6) is 11.5 Å². The first-order valence-corrected chi connectivity index (χ1v) is 17.1. The second kappa shape index (κ2) is 12.9. The van der Waals surface area contributed by atoms with Gasteiger partial charge in [0.25, 0.3) is 0 Å². The Kier molecular flexibility index (Phi) is 8.17. The summed E-state index contributed by atoms with van der Waals surface area (Å²) >= 11 is 0. The van der Waals surface area contributed by atoms with E-state index in [2.05, 4.69) is 19.3 Å². The Morgan fingerprint density at radius 3 is 1.37 bits per heavy atom. The third-order valence-corrected chi connectivity index (χ3v) is 9.82. The predicted octanol–water partition coefficient (Wildman–Crippen LogP) is 6.78. The summed E-state index contributed by atoms with van der Waals surface area (Å²) in [4.78, 5) is 33.7. The number of fused-ring (bicyclic) bond motifs is 6. The molecule has 6 aromatic heterocycles. The van der Waals surface area contributed by atoms with Crippen LogP contribution in [0, 0.1) is 13.8 Å². The lowest BCUT2D eigenvalue weighted by molar-refractivity contribution is 0.0686. The van der Waals surface area contributed by atoms with E-state index in [-0.39, 0.29) is 11.1 Å². The van der Waals surface area contributed by atoms with Crippen LogP contribution in [-0.4, -0.2) is 75.0 Å². The van der Waals surface area contributed by atoms with Crippen LogP contribution in [0.3, 0.4) is 0 Å². The van der Waals surface area contributed by atoms with Gasteiger partial charge in [0.1, 0.15) is 11.5 Å². The van der Waals surface area contributed by atoms with Crippen LogP contribution < -0.4 is 9.47 Å². The summed E-state index contributed by atoms with van der Waals surface area (Å²) in [5.41, 5.74) is 8.28. The molecule has 8 rings (SSSR count). The maximum atomic E-state index is 12.1. The van der Waals surface area contributed by atoms with Crippen molar-refractivity contribution in [2.24, 2.45) is 14.1 Å². The maximum absolute atomic E-state index is 12.1. The number of nitrogens with zero attached hydrogens (tertiary/aromatic N) is 8. The normalized spacial score (nSPS) is 11.9. The highest BCUT2D eigenvalue weighted by molar-refractivity contribution is 6.13. The number of carboxylic acid groups (broad SMARTS) is 2. The van der Waals surface area contributed by atoms with Crippen LogP contribution in [0.25, 0.3) is 66.4 Å². The Balaban J connectivity index is 1.27. The van der Waals surface area contributed by atoms with Crippen LogP contribution >= 0.6 is 0 Å². The molecular weight excluding hydrogens is 688 g/mol. The van der Waals surface area contributed by atoms with E-state index < -0.39 is 11.9 Å². The van der Waals surface area contributed by atoms with E-state index in [1.165, 1.54) is 26.4 Å². The minimum atomic E-state index is -1.06. The highest BCUT2D eigenvalue weighted by atomic mass is 16.5. The van der Waals surface area contributed by atoms with Crippen molar-refractivity contribution >= 4 is 55.6 Å². The van der Waals surface area contributed by atoms with Crippen LogP contribution in [0.1, 0.15) is 32.1 Å². The average Bonchev–Trinajstić information content (AvgIpc) is 3.87. The number of hydrogen-bond acceptors (Lipinski definition) is 8. The Hall–Kier alpha value is -6.96. The lowest BCUT2D eigenvalue weighted by Crippen LogP contribution is -2.02. The third kappa shape index (κ3) is 5.50. The van der Waals surface area contributed by atoms with Gasteiger partial charge < -0.3 is 28.8 Å². The van der Waals surface area contributed by atoms with Gasteiger partial charge in [0, 0.05) is 61.1 Å². The highest BCUT2D eigenvalue weighted by Crippen LogP contribution is 2.39. The molecule has 54 heavy (non-hydrogen) atoms. The fourth-order valence-electron chi connectivity index (χ4n) is 7.45. The average molecular weight is 725 g/mol. The molecule has 0 radical (unpaired) electrons. The molecule has 0 aliphatic carbocycles. The first-order chi connectivity index (χ1) is 26.0. The molecule has 0 bridgehead atoms. The SMILES string of the molecule is COc1cc(C(=O)O)cc2c3cnc(-c4cc(C)nn4C)cc3n(C/C=C/Cn3c4cc(-c5cc(C)nn5C)ncc4c4cc(C(=O)O)cc(OC)c43)c12. The number of pyridine rings is 2. The summed E-state index contributed by atoms with van der Waals surface area (Å²) in [6.45, 7) is 4.68. The van der Waals surface area contributed by atoms with Crippen molar-refractivity contribution < 1.29 is 29.3 Å². The molecule has 0 unspecified atom stereocenters. The second-order valence-electron chi connectivity index (χ2n) is 13.2. The van der Waals surface area contributed by atoms with Crippen LogP contribution in [0.15, 0.2) is 73.1 Å². The standard InChI is InChI=1S/C40H36N8O6/c1-21-11-33(45(3)43-21)29-17-31-27(19-41-29)25-13-23(39(49)50)15-35(53-5)37(25)47(31)9-7-8-10-48-32-18-30(34-12-22(2)44-46(34)4)42-20-28(32)26-14-24(40(51)52)16-36(54-6)38(26)48/h7-8,11-20H,9-10H2,1-6H3,(H,49,50)(H,51,52)/b8-7+. The zero-order chi connectivity index (χ0) is 38.0. The van der Waals surface area contributed by atoms with Gasteiger partial charge in [-0.3, -0.25) is 19.3 Å². The topological polar surface area (TPSA) is 164 Å². The molecule has 2 N–H and O–H groups in total. The van der Waals surface area contributed by atoms with E-state index in [9.17, 15) is 19.8 Å². The molecule has 0 spiro atoms. The molecule has 0 fully saturated rings. The molecule has 0 saturated heterocycles. The van der Waals surface area contributed by atoms with E-state index in [0.29, 0.717) is 35.4 Å². The smallest absolute Gasteiger partial charge is 0.335 e. The quantitative estimate of drug-likeness (QED) is 0.144. The number of aromatic carboxylic acids is 2. The molecule has 0 aliphatic heterocycles. The molecule has 14 nitrogen and oxygen atoms in total. The van der Waals surface area contributed by atoms with Gasteiger partial charge in [-0.05, 0) is 62.4 Å². The number of carbonyl (C=O) groups is 2. The number of methoxy groups -OCH3 is 2. The molecule has 0 atom stereocenters. The van der Waals surface area contributed by atoms with Gasteiger partial charge in [0.2, 0.25) is 0 Å². The summed E-state index contributed by atoms with van der Waals surface area (Å²) in [5, 5.41) is 31.8. The molecule has 2 aromatic carbocycles. The largest absolute Gasteiger partial charge is 0.495 e. The van der Waals surface area contributed by atoms with Gasteiger partial charge in [-0.15, -0.1) is 0 Å². The van der Waals surface area contributed by atoms with E-state index in [1.54, 1.807) is 33.9 Å². The number of allylic oxidation sites excluding steroid dienone is 2. The Labute approximate surface area is 308 Å². The number of benzene rings is 2. The highest BCUT2D eigenvalue weighted by Gasteiger charge is 2.22. The molecule has 0 aliphatic rings. The van der Waals surface area contributed by atoms with Crippen molar-refractivity contribution in [3.8, 4) is 34.3 Å². The number of ether oxygens (including phenoxy) is 2. The predicted molar refractivity (Wildman–Crippen MR) is 205 cm³/mol. The Morgan fingerprint density at radius 2 is 1.04 bits per heavy atom. The summed E-state index contributed by atoms with van der Waals surface area (Å²) in [7, 11) is 6.80. The number of rotatable bonds is 10. The summed E-state index contributed by atoms with van der Waals surface area (Å²) in [6.07, 6.45) is 7.62. The van der Waals surface area contributed by atoms with Crippen molar-refractivity contribution in [1.29, 1.82) is 0 Å². The first-order valence-electron chi connectivity index (χ1n) is 17.1. The molecule has 0 saturated carbocycles. The fourth-order valence-corrected chi connectivity index (χ4v) is 7.45. The summed E-state index contributed by atoms with van der Waals surface area (Å²) in [5.74, 6) is -1.25. The number of hydrogen-bond donors (Lipinski definition) is 2. The van der Waals surface area contributed by atoms with Crippen molar-refractivity contribution in [2.75, 3.05) is 14.2 Å². The number of carboxylic acids is 2. The number of aromatic nitrogens is 8. The third-order valence-electron chi connectivity index (χ3n) is 9.82. The lowest BCUT2D eigenvalue weighted by atomic mass is 10.1. The van der Waals surface area contributed by atoms with Crippen LogP contribution in [0.2, 0.25) is 0 Å². The molecule has 0 amide bonds.